The summed E-state index contributed by atoms with van der Waals surface area (Å²) in [6.07, 6.45) is 0. The molecule has 24 heavy (non-hydrogen) atoms. The second-order valence-electron chi connectivity index (χ2n) is 6.21. The van der Waals surface area contributed by atoms with Crippen molar-refractivity contribution in [2.24, 2.45) is 0 Å². The molecule has 5 aromatic carbocycles. The lowest BCUT2D eigenvalue weighted by Crippen LogP contribution is -1.84. The van der Waals surface area contributed by atoms with E-state index in [0.717, 1.165) is 0 Å². The van der Waals surface area contributed by atoms with Crippen molar-refractivity contribution in [3.8, 4) is 11.1 Å². The van der Waals surface area contributed by atoms with Crippen LogP contribution in [0.4, 0.5) is 0 Å². The molecule has 0 aliphatic heterocycles. The van der Waals surface area contributed by atoms with Crippen LogP contribution in [0.2, 0.25) is 0 Å². The predicted octanol–water partition coefficient (Wildman–Crippen LogP) is 6.81. The van der Waals surface area contributed by atoms with Crippen molar-refractivity contribution < 1.29 is 0 Å². The van der Waals surface area contributed by atoms with E-state index in [4.69, 9.17) is 0 Å². The molecule has 0 aliphatic carbocycles. The van der Waals surface area contributed by atoms with E-state index in [0.29, 0.717) is 0 Å². The summed E-state index contributed by atoms with van der Waals surface area (Å²) in [5, 5.41) is 7.89. The van der Waals surface area contributed by atoms with Gasteiger partial charge >= 0.3 is 0 Å². The molecule has 0 unspecified atom stereocenters. The van der Waals surface area contributed by atoms with Gasteiger partial charge in [-0.05, 0) is 43.4 Å². The highest BCUT2D eigenvalue weighted by Gasteiger charge is 2.08. The first-order valence-electron chi connectivity index (χ1n) is 8.30. The van der Waals surface area contributed by atoms with Gasteiger partial charge in [-0.1, -0.05) is 97.1 Å². The number of benzene rings is 5. The Balaban J connectivity index is 1.91. The predicted molar refractivity (Wildman–Crippen MR) is 104 cm³/mol. The van der Waals surface area contributed by atoms with E-state index in [-0.39, 0.29) is 0 Å². The first kappa shape index (κ1) is 13.3. The minimum absolute atomic E-state index is 1.27. The Morgan fingerprint density at radius 1 is 0.333 bits per heavy atom. The number of rotatable bonds is 1. The van der Waals surface area contributed by atoms with E-state index in [9.17, 15) is 0 Å². The van der Waals surface area contributed by atoms with Crippen molar-refractivity contribution in [3.63, 3.8) is 0 Å². The van der Waals surface area contributed by atoms with E-state index in [1.54, 1.807) is 0 Å². The normalized spacial score (nSPS) is 11.3. The fourth-order valence-electron chi connectivity index (χ4n) is 3.73. The summed E-state index contributed by atoms with van der Waals surface area (Å²) in [4.78, 5) is 0. The van der Waals surface area contributed by atoms with Crippen LogP contribution < -0.4 is 0 Å². The highest BCUT2D eigenvalue weighted by Crippen LogP contribution is 2.35. The van der Waals surface area contributed by atoms with Gasteiger partial charge < -0.3 is 0 Å². The van der Waals surface area contributed by atoms with Crippen molar-refractivity contribution in [2.75, 3.05) is 0 Å². The maximum Gasteiger partial charge on any atom is -0.00987 e. The SMILES string of the molecule is c1ccc(-c2cccc3c2ccc2c4ccccc4ccc32)cc1. The smallest absolute Gasteiger partial charge is 0.00987 e. The topological polar surface area (TPSA) is 0 Å². The molecule has 0 N–H and O–H groups in total. The third-order valence-corrected chi connectivity index (χ3v) is 4.87. The minimum atomic E-state index is 1.27. The molecule has 0 radical (unpaired) electrons. The fourth-order valence-corrected chi connectivity index (χ4v) is 3.73. The summed E-state index contributed by atoms with van der Waals surface area (Å²) in [7, 11) is 0. The van der Waals surface area contributed by atoms with Crippen LogP contribution in [0.15, 0.2) is 97.1 Å². The standard InChI is InChI=1S/C24H16/c1-2-7-17(8-3-1)20-11-6-12-21-22(20)15-16-23-19-10-5-4-9-18(19)13-14-24(21)23/h1-16H. The van der Waals surface area contributed by atoms with Crippen molar-refractivity contribution in [2.45, 2.75) is 0 Å². The van der Waals surface area contributed by atoms with Crippen molar-refractivity contribution in [3.05, 3.63) is 97.1 Å². The number of hydrogen-bond donors (Lipinski definition) is 0. The van der Waals surface area contributed by atoms with E-state index in [2.05, 4.69) is 97.1 Å². The van der Waals surface area contributed by atoms with Crippen molar-refractivity contribution in [1.29, 1.82) is 0 Å². The molecule has 0 saturated heterocycles. The van der Waals surface area contributed by atoms with Gasteiger partial charge in [0.2, 0.25) is 0 Å². The highest BCUT2D eigenvalue weighted by atomic mass is 14.1. The van der Waals surface area contributed by atoms with Crippen LogP contribution in [0, 0.1) is 0 Å². The molecule has 112 valence electrons. The monoisotopic (exact) mass is 304 g/mol. The lowest BCUT2D eigenvalue weighted by Gasteiger charge is -2.11. The summed E-state index contributed by atoms with van der Waals surface area (Å²) in [5.74, 6) is 0. The summed E-state index contributed by atoms with van der Waals surface area (Å²) in [5.41, 5.74) is 2.56. The van der Waals surface area contributed by atoms with Gasteiger partial charge in [0.25, 0.3) is 0 Å². The molecule has 0 fully saturated rings. The summed E-state index contributed by atoms with van der Waals surface area (Å²) in [6.45, 7) is 0. The maximum absolute atomic E-state index is 2.27. The molecule has 5 rings (SSSR count). The first-order valence-corrected chi connectivity index (χ1v) is 8.30. The zero-order chi connectivity index (χ0) is 15.9. The second-order valence-corrected chi connectivity index (χ2v) is 6.21. The van der Waals surface area contributed by atoms with Crippen LogP contribution in [0.25, 0.3) is 43.4 Å². The van der Waals surface area contributed by atoms with Gasteiger partial charge in [-0.3, -0.25) is 0 Å². The molecule has 0 aromatic heterocycles. The lowest BCUT2D eigenvalue weighted by atomic mass is 9.93. The van der Waals surface area contributed by atoms with Crippen LogP contribution in [0.5, 0.6) is 0 Å². The molecule has 0 spiro atoms. The average Bonchev–Trinajstić information content (AvgIpc) is 2.67. The molecule has 0 atom stereocenters. The number of fused-ring (bicyclic) bond motifs is 5. The summed E-state index contributed by atoms with van der Waals surface area (Å²) in [6, 6.07) is 34.9. The minimum Gasteiger partial charge on any atom is -0.0622 e. The fraction of sp³-hybridized carbons (Fsp3) is 0. The van der Waals surface area contributed by atoms with Crippen molar-refractivity contribution in [1.82, 2.24) is 0 Å². The largest absolute Gasteiger partial charge is 0.0622 e. The van der Waals surface area contributed by atoms with Gasteiger partial charge in [-0.2, -0.15) is 0 Å². The van der Waals surface area contributed by atoms with Crippen LogP contribution in [-0.2, 0) is 0 Å². The van der Waals surface area contributed by atoms with Crippen LogP contribution in [0.1, 0.15) is 0 Å². The third-order valence-electron chi connectivity index (χ3n) is 4.87. The van der Waals surface area contributed by atoms with Crippen LogP contribution in [0.3, 0.4) is 0 Å². The molecule has 0 saturated carbocycles. The van der Waals surface area contributed by atoms with Gasteiger partial charge in [-0.15, -0.1) is 0 Å². The zero-order valence-electron chi connectivity index (χ0n) is 13.2. The Kier molecular flexibility index (Phi) is 2.89. The molecule has 0 heterocycles. The van der Waals surface area contributed by atoms with Gasteiger partial charge in [0.05, 0.1) is 0 Å². The average molecular weight is 304 g/mol. The van der Waals surface area contributed by atoms with Crippen LogP contribution >= 0.6 is 0 Å². The van der Waals surface area contributed by atoms with E-state index in [1.807, 2.05) is 0 Å². The summed E-state index contributed by atoms with van der Waals surface area (Å²) < 4.78 is 0. The maximum atomic E-state index is 2.27. The molecule has 5 aromatic rings. The Labute approximate surface area is 141 Å². The third kappa shape index (κ3) is 1.93. The Morgan fingerprint density at radius 2 is 0.958 bits per heavy atom. The molecule has 0 bridgehead atoms. The Hall–Kier alpha value is -3.12. The quantitative estimate of drug-likeness (QED) is 0.298. The molecule has 0 amide bonds. The first-order chi connectivity index (χ1) is 11.9. The van der Waals surface area contributed by atoms with E-state index >= 15 is 0 Å². The molecular weight excluding hydrogens is 288 g/mol. The van der Waals surface area contributed by atoms with Gasteiger partial charge in [0.15, 0.2) is 0 Å². The van der Waals surface area contributed by atoms with E-state index < -0.39 is 0 Å². The zero-order valence-corrected chi connectivity index (χ0v) is 13.2. The molecule has 0 aliphatic rings. The van der Waals surface area contributed by atoms with Crippen molar-refractivity contribution >= 4 is 32.3 Å². The Morgan fingerprint density at radius 3 is 1.88 bits per heavy atom. The number of hydrogen-bond acceptors (Lipinski definition) is 0. The van der Waals surface area contributed by atoms with Gasteiger partial charge in [0.1, 0.15) is 0 Å². The second kappa shape index (κ2) is 5.21. The summed E-state index contributed by atoms with van der Waals surface area (Å²) >= 11 is 0. The molecule has 0 nitrogen and oxygen atoms in total. The van der Waals surface area contributed by atoms with E-state index in [1.165, 1.54) is 43.4 Å². The Bertz CT molecular complexity index is 1180. The van der Waals surface area contributed by atoms with Gasteiger partial charge in [-0.25, -0.2) is 0 Å². The van der Waals surface area contributed by atoms with Gasteiger partial charge in [0, 0.05) is 0 Å². The lowest BCUT2D eigenvalue weighted by molar-refractivity contribution is 1.66. The molecular formula is C24H16. The highest BCUT2D eigenvalue weighted by molar-refractivity contribution is 6.19. The van der Waals surface area contributed by atoms with Crippen LogP contribution in [-0.4, -0.2) is 0 Å². The molecule has 0 heteroatoms.